The number of ether oxygens (including phenoxy) is 1. The number of unbranched alkanes of at least 4 members (excludes halogenated alkanes) is 1. The van der Waals surface area contributed by atoms with Crippen molar-refractivity contribution in [2.75, 3.05) is 13.2 Å². The number of amides is 2. The number of carbonyl (C=O) groups is 4. The Hall–Kier alpha value is -1.96. The highest BCUT2D eigenvalue weighted by Gasteiger charge is 2.32. The Morgan fingerprint density at radius 3 is 2.24 bits per heavy atom. The van der Waals surface area contributed by atoms with Gasteiger partial charge in [0.25, 0.3) is 11.8 Å². The van der Waals surface area contributed by atoms with Crippen LogP contribution in [0.25, 0.3) is 0 Å². The second kappa shape index (κ2) is 9.06. The van der Waals surface area contributed by atoms with Crippen molar-refractivity contribution in [2.45, 2.75) is 44.9 Å². The van der Waals surface area contributed by atoms with Gasteiger partial charge in [0.15, 0.2) is 0 Å². The molecule has 0 aliphatic carbocycles. The van der Waals surface area contributed by atoms with Gasteiger partial charge in [-0.2, -0.15) is 0 Å². The van der Waals surface area contributed by atoms with Gasteiger partial charge in [0, 0.05) is 32.3 Å². The summed E-state index contributed by atoms with van der Waals surface area (Å²) in [4.78, 5) is 49.8. The van der Waals surface area contributed by atoms with Gasteiger partial charge >= 0.3 is 11.9 Å². The molecule has 0 radical (unpaired) electrons. The van der Waals surface area contributed by atoms with Gasteiger partial charge in [-0.15, -0.1) is 5.06 Å². The Morgan fingerprint density at radius 1 is 1.00 bits per heavy atom. The number of carbonyl (C=O) groups excluding carboxylic acids is 4. The van der Waals surface area contributed by atoms with E-state index in [1.54, 1.807) is 0 Å². The average Bonchev–Trinajstić information content (AvgIpc) is 2.75. The second-order valence-electron chi connectivity index (χ2n) is 4.55. The smallest absolute Gasteiger partial charge is 0.333 e. The summed E-state index contributed by atoms with van der Waals surface area (Å²) >= 11 is 0. The van der Waals surface area contributed by atoms with Crippen molar-refractivity contribution in [1.82, 2.24) is 5.06 Å². The Labute approximate surface area is 121 Å². The minimum absolute atomic E-state index is 0.0479. The normalized spacial score (nSPS) is 14.4. The number of aliphatic hydroxyl groups is 1. The van der Waals surface area contributed by atoms with Crippen LogP contribution in [0.5, 0.6) is 0 Å². The second-order valence-corrected chi connectivity index (χ2v) is 4.55. The standard InChI is InChI=1S/C13H19NO7/c15-8-1-2-9-20-12(18)4-3-5-13(19)21-14-10(16)6-7-11(14)17/h15H,1-9H2. The Bertz CT molecular complexity index is 391. The molecule has 1 rings (SSSR count). The van der Waals surface area contributed by atoms with Crippen LogP contribution in [-0.4, -0.2) is 47.1 Å². The molecule has 0 aromatic rings. The van der Waals surface area contributed by atoms with E-state index >= 15 is 0 Å². The van der Waals surface area contributed by atoms with Gasteiger partial charge in [0.2, 0.25) is 0 Å². The number of nitrogens with zero attached hydrogens (tertiary/aromatic N) is 1. The highest BCUT2D eigenvalue weighted by Crippen LogP contribution is 2.13. The molecule has 2 amide bonds. The molecule has 0 aromatic carbocycles. The monoisotopic (exact) mass is 301 g/mol. The van der Waals surface area contributed by atoms with E-state index in [0.717, 1.165) is 0 Å². The van der Waals surface area contributed by atoms with Crippen molar-refractivity contribution in [3.05, 3.63) is 0 Å². The number of rotatable bonds is 9. The molecule has 0 unspecified atom stereocenters. The molecule has 8 heteroatoms. The summed E-state index contributed by atoms with van der Waals surface area (Å²) in [6.45, 7) is 0.290. The molecule has 8 nitrogen and oxygen atoms in total. The summed E-state index contributed by atoms with van der Waals surface area (Å²) in [5, 5.41) is 9.03. The van der Waals surface area contributed by atoms with Crippen LogP contribution in [-0.2, 0) is 28.8 Å². The van der Waals surface area contributed by atoms with E-state index in [-0.39, 0.29) is 45.3 Å². The van der Waals surface area contributed by atoms with Crippen molar-refractivity contribution >= 4 is 23.8 Å². The van der Waals surface area contributed by atoms with E-state index in [0.29, 0.717) is 17.9 Å². The minimum Gasteiger partial charge on any atom is -0.466 e. The molecule has 0 aromatic heterocycles. The van der Waals surface area contributed by atoms with Gasteiger partial charge in [-0.05, 0) is 19.3 Å². The first kappa shape index (κ1) is 17.1. The fourth-order valence-electron chi connectivity index (χ4n) is 1.65. The molecular weight excluding hydrogens is 282 g/mol. The van der Waals surface area contributed by atoms with Crippen LogP contribution in [0.15, 0.2) is 0 Å². The SMILES string of the molecule is O=C(CCCC(=O)ON1C(=O)CCC1=O)OCCCCO. The zero-order chi connectivity index (χ0) is 15.7. The number of esters is 1. The third kappa shape index (κ3) is 6.35. The number of hydrogen-bond acceptors (Lipinski definition) is 7. The number of hydroxylamine groups is 2. The Kier molecular flexibility index (Phi) is 7.38. The zero-order valence-electron chi connectivity index (χ0n) is 11.7. The molecule has 1 fully saturated rings. The van der Waals surface area contributed by atoms with Crippen molar-refractivity contribution < 1.29 is 33.9 Å². The van der Waals surface area contributed by atoms with Crippen LogP contribution in [0.1, 0.15) is 44.9 Å². The summed E-state index contributed by atoms with van der Waals surface area (Å²) in [6.07, 6.45) is 1.44. The van der Waals surface area contributed by atoms with E-state index in [9.17, 15) is 19.2 Å². The van der Waals surface area contributed by atoms with Crippen LogP contribution in [0.4, 0.5) is 0 Å². The lowest BCUT2D eigenvalue weighted by atomic mass is 10.2. The third-order valence-corrected chi connectivity index (χ3v) is 2.78. The first-order chi connectivity index (χ1) is 10.0. The molecule has 1 N–H and O–H groups in total. The van der Waals surface area contributed by atoms with Crippen LogP contribution < -0.4 is 0 Å². The topological polar surface area (TPSA) is 110 Å². The van der Waals surface area contributed by atoms with Crippen LogP contribution in [0, 0.1) is 0 Å². The predicted octanol–water partition coefficient (Wildman–Crippen LogP) is 0.0796. The summed E-state index contributed by atoms with van der Waals surface area (Å²) in [6, 6.07) is 0. The van der Waals surface area contributed by atoms with Crippen LogP contribution >= 0.6 is 0 Å². The van der Waals surface area contributed by atoms with Gasteiger partial charge in [0.1, 0.15) is 0 Å². The summed E-state index contributed by atoms with van der Waals surface area (Å²) in [5.74, 6) is -2.23. The fraction of sp³-hybridized carbons (Fsp3) is 0.692. The maximum atomic E-state index is 11.4. The van der Waals surface area contributed by atoms with Gasteiger partial charge in [-0.25, -0.2) is 4.79 Å². The highest BCUT2D eigenvalue weighted by molar-refractivity contribution is 6.01. The molecule has 118 valence electrons. The molecule has 1 aliphatic heterocycles. The summed E-state index contributed by atoms with van der Waals surface area (Å²) < 4.78 is 4.87. The van der Waals surface area contributed by atoms with E-state index in [1.165, 1.54) is 0 Å². The predicted molar refractivity (Wildman–Crippen MR) is 68.3 cm³/mol. The van der Waals surface area contributed by atoms with Crippen molar-refractivity contribution in [3.8, 4) is 0 Å². The summed E-state index contributed by atoms with van der Waals surface area (Å²) in [7, 11) is 0. The van der Waals surface area contributed by atoms with Gasteiger partial charge in [-0.1, -0.05) is 0 Å². The lowest BCUT2D eigenvalue weighted by molar-refractivity contribution is -0.197. The van der Waals surface area contributed by atoms with E-state index < -0.39 is 23.8 Å². The lowest BCUT2D eigenvalue weighted by Gasteiger charge is -2.12. The minimum atomic E-state index is -0.730. The first-order valence-corrected chi connectivity index (χ1v) is 6.87. The largest absolute Gasteiger partial charge is 0.466 e. The van der Waals surface area contributed by atoms with Crippen LogP contribution in [0.3, 0.4) is 0 Å². The van der Waals surface area contributed by atoms with E-state index in [1.807, 2.05) is 0 Å². The van der Waals surface area contributed by atoms with Crippen molar-refractivity contribution in [1.29, 1.82) is 0 Å². The molecule has 1 aliphatic rings. The molecular formula is C13H19NO7. The molecule has 0 bridgehead atoms. The van der Waals surface area contributed by atoms with Gasteiger partial charge < -0.3 is 14.7 Å². The van der Waals surface area contributed by atoms with Gasteiger partial charge in [0.05, 0.1) is 6.61 Å². The maximum absolute atomic E-state index is 11.4. The number of hydrogen-bond donors (Lipinski definition) is 1. The fourth-order valence-corrected chi connectivity index (χ4v) is 1.65. The summed E-state index contributed by atoms with van der Waals surface area (Å²) in [5.41, 5.74) is 0. The Morgan fingerprint density at radius 2 is 1.62 bits per heavy atom. The lowest BCUT2D eigenvalue weighted by Crippen LogP contribution is -2.32. The molecule has 0 atom stereocenters. The molecule has 0 spiro atoms. The third-order valence-electron chi connectivity index (χ3n) is 2.78. The molecule has 1 heterocycles. The van der Waals surface area contributed by atoms with Gasteiger partial charge in [-0.3, -0.25) is 14.4 Å². The zero-order valence-corrected chi connectivity index (χ0v) is 11.7. The molecule has 0 saturated carbocycles. The van der Waals surface area contributed by atoms with Crippen molar-refractivity contribution in [2.24, 2.45) is 0 Å². The highest BCUT2D eigenvalue weighted by atomic mass is 16.7. The van der Waals surface area contributed by atoms with Crippen molar-refractivity contribution in [3.63, 3.8) is 0 Å². The molecule has 1 saturated heterocycles. The van der Waals surface area contributed by atoms with Crippen LogP contribution in [0.2, 0.25) is 0 Å². The maximum Gasteiger partial charge on any atom is 0.333 e. The van der Waals surface area contributed by atoms with E-state index in [2.05, 4.69) is 4.84 Å². The first-order valence-electron chi connectivity index (χ1n) is 6.87. The average molecular weight is 301 g/mol. The molecule has 21 heavy (non-hydrogen) atoms. The Balaban J connectivity index is 2.11. The number of imide groups is 1. The quantitative estimate of drug-likeness (QED) is 0.365. The van der Waals surface area contributed by atoms with E-state index in [4.69, 9.17) is 9.84 Å². The number of aliphatic hydroxyl groups excluding tert-OH is 1.